The van der Waals surface area contributed by atoms with Gasteiger partial charge in [-0.3, -0.25) is 4.79 Å². The van der Waals surface area contributed by atoms with E-state index in [-0.39, 0.29) is 12.5 Å². The van der Waals surface area contributed by atoms with E-state index in [4.69, 9.17) is 0 Å². The van der Waals surface area contributed by atoms with E-state index in [9.17, 15) is 9.59 Å². The van der Waals surface area contributed by atoms with Crippen molar-refractivity contribution < 1.29 is 14.3 Å². The molecule has 0 unspecified atom stereocenters. The summed E-state index contributed by atoms with van der Waals surface area (Å²) in [6, 6.07) is 0. The first-order valence-corrected chi connectivity index (χ1v) is 5.14. The lowest BCUT2D eigenvalue weighted by Gasteiger charge is -2.00. The zero-order valence-electron chi connectivity index (χ0n) is 10.6. The molecule has 5 nitrogen and oxygen atoms in total. The summed E-state index contributed by atoms with van der Waals surface area (Å²) in [4.78, 5) is 20.8. The lowest BCUT2D eigenvalue weighted by molar-refractivity contribution is -0.119. The van der Waals surface area contributed by atoms with Gasteiger partial charge in [0.2, 0.25) is 5.91 Å². The summed E-state index contributed by atoms with van der Waals surface area (Å²) >= 11 is 0. The standard InChI is InChI=1S/C5H10N2O3.C3H8.C2H6/c1-6-4(8)3-7-5(9)10-2;1-3-2;1-2/h3H2,1-2H3,(H,6,8)(H,7,9);3H2,1-2H3;1-2H3. The molecule has 0 aromatic heterocycles. The summed E-state index contributed by atoms with van der Waals surface area (Å²) in [6.07, 6.45) is 0.642. The minimum Gasteiger partial charge on any atom is -0.453 e. The quantitative estimate of drug-likeness (QED) is 0.741. The molecular formula is C10H24N2O3. The molecule has 92 valence electrons. The van der Waals surface area contributed by atoms with Crippen molar-refractivity contribution in [2.75, 3.05) is 20.7 Å². The summed E-state index contributed by atoms with van der Waals surface area (Å²) in [6.45, 7) is 8.20. The fourth-order valence-electron chi connectivity index (χ4n) is 0.313. The van der Waals surface area contributed by atoms with Crippen molar-refractivity contribution in [3.8, 4) is 0 Å². The molecule has 0 heterocycles. The van der Waals surface area contributed by atoms with Crippen LogP contribution in [-0.2, 0) is 9.53 Å². The molecule has 2 amide bonds. The second kappa shape index (κ2) is 18.5. The number of nitrogens with one attached hydrogen (secondary N) is 2. The predicted octanol–water partition coefficient (Wildman–Crippen LogP) is 1.53. The summed E-state index contributed by atoms with van der Waals surface area (Å²) in [5, 5.41) is 4.55. The van der Waals surface area contributed by atoms with Crippen LogP contribution in [0.15, 0.2) is 0 Å². The largest absolute Gasteiger partial charge is 0.453 e. The number of methoxy groups -OCH3 is 1. The van der Waals surface area contributed by atoms with E-state index in [1.165, 1.54) is 20.6 Å². The zero-order chi connectivity index (χ0) is 12.7. The second-order valence-electron chi connectivity index (χ2n) is 2.23. The number of hydrogen-bond acceptors (Lipinski definition) is 3. The molecule has 5 heteroatoms. The molecule has 0 atom stereocenters. The van der Waals surface area contributed by atoms with Gasteiger partial charge in [0, 0.05) is 7.05 Å². The molecule has 0 rings (SSSR count). The van der Waals surface area contributed by atoms with Gasteiger partial charge in [-0.2, -0.15) is 0 Å². The number of carbonyl (C=O) groups excluding carboxylic acids is 2. The molecular weight excluding hydrogens is 196 g/mol. The first-order chi connectivity index (χ1) is 7.12. The smallest absolute Gasteiger partial charge is 0.407 e. The lowest BCUT2D eigenvalue weighted by atomic mass is 10.6. The minimum absolute atomic E-state index is 0.0524. The third kappa shape index (κ3) is 24.5. The highest BCUT2D eigenvalue weighted by atomic mass is 16.5. The van der Waals surface area contributed by atoms with Gasteiger partial charge in [-0.15, -0.1) is 0 Å². The summed E-state index contributed by atoms with van der Waals surface area (Å²) in [7, 11) is 2.72. The molecule has 0 fully saturated rings. The van der Waals surface area contributed by atoms with Crippen molar-refractivity contribution in [2.45, 2.75) is 34.1 Å². The van der Waals surface area contributed by atoms with Gasteiger partial charge < -0.3 is 15.4 Å². The minimum atomic E-state index is -0.608. The van der Waals surface area contributed by atoms with E-state index in [1.54, 1.807) is 0 Å². The molecule has 2 N–H and O–H groups in total. The highest BCUT2D eigenvalue weighted by Gasteiger charge is 2.00. The van der Waals surface area contributed by atoms with Crippen molar-refractivity contribution in [1.82, 2.24) is 10.6 Å². The molecule has 0 bridgehead atoms. The molecule has 0 radical (unpaired) electrons. The van der Waals surface area contributed by atoms with Crippen molar-refractivity contribution in [1.29, 1.82) is 0 Å². The van der Waals surface area contributed by atoms with Gasteiger partial charge in [-0.1, -0.05) is 34.1 Å². The van der Waals surface area contributed by atoms with Crippen molar-refractivity contribution in [3.63, 3.8) is 0 Å². The van der Waals surface area contributed by atoms with Crippen LogP contribution in [0.1, 0.15) is 34.1 Å². The van der Waals surface area contributed by atoms with E-state index >= 15 is 0 Å². The van der Waals surface area contributed by atoms with Crippen LogP contribution < -0.4 is 10.6 Å². The predicted molar refractivity (Wildman–Crippen MR) is 61.8 cm³/mol. The maximum Gasteiger partial charge on any atom is 0.407 e. The molecule has 0 spiro atoms. The van der Waals surface area contributed by atoms with Crippen molar-refractivity contribution in [2.24, 2.45) is 0 Å². The lowest BCUT2D eigenvalue weighted by Crippen LogP contribution is -2.34. The van der Waals surface area contributed by atoms with Gasteiger partial charge in [0.05, 0.1) is 13.7 Å². The monoisotopic (exact) mass is 220 g/mol. The Morgan fingerprint density at radius 1 is 1.20 bits per heavy atom. The van der Waals surface area contributed by atoms with E-state index < -0.39 is 6.09 Å². The van der Waals surface area contributed by atoms with Crippen LogP contribution in [0.5, 0.6) is 0 Å². The molecule has 0 aromatic rings. The zero-order valence-corrected chi connectivity index (χ0v) is 10.6. The van der Waals surface area contributed by atoms with E-state index in [0.717, 1.165) is 0 Å². The van der Waals surface area contributed by atoms with E-state index in [1.807, 2.05) is 13.8 Å². The van der Waals surface area contributed by atoms with Crippen LogP contribution in [0.25, 0.3) is 0 Å². The van der Waals surface area contributed by atoms with Crippen molar-refractivity contribution in [3.05, 3.63) is 0 Å². The summed E-state index contributed by atoms with van der Waals surface area (Å²) < 4.78 is 4.22. The summed E-state index contributed by atoms with van der Waals surface area (Å²) in [5.74, 6) is -0.259. The molecule has 0 aliphatic rings. The van der Waals surface area contributed by atoms with Crippen LogP contribution in [-0.4, -0.2) is 32.7 Å². The van der Waals surface area contributed by atoms with Gasteiger partial charge in [-0.25, -0.2) is 4.79 Å². The van der Waals surface area contributed by atoms with Crippen LogP contribution in [0.4, 0.5) is 4.79 Å². The van der Waals surface area contributed by atoms with Gasteiger partial charge in [0.25, 0.3) is 0 Å². The highest BCUT2D eigenvalue weighted by molar-refractivity contribution is 5.81. The van der Waals surface area contributed by atoms with Gasteiger partial charge >= 0.3 is 6.09 Å². The second-order valence-corrected chi connectivity index (χ2v) is 2.23. The number of hydrogen-bond donors (Lipinski definition) is 2. The van der Waals surface area contributed by atoms with Gasteiger partial charge in [0.1, 0.15) is 0 Å². The highest BCUT2D eigenvalue weighted by Crippen LogP contribution is 1.68. The number of amides is 2. The molecule has 0 aliphatic carbocycles. The molecule has 0 saturated heterocycles. The van der Waals surface area contributed by atoms with E-state index in [2.05, 4.69) is 29.2 Å². The summed E-state index contributed by atoms with van der Waals surface area (Å²) in [5.41, 5.74) is 0. The van der Waals surface area contributed by atoms with Crippen LogP contribution in [0.3, 0.4) is 0 Å². The Hall–Kier alpha value is -1.26. The Bertz CT molecular complexity index is 134. The molecule has 0 saturated carbocycles. The third-order valence-corrected chi connectivity index (χ3v) is 0.858. The Morgan fingerprint density at radius 2 is 1.60 bits per heavy atom. The maximum absolute atomic E-state index is 10.5. The maximum atomic E-state index is 10.5. The normalized spacial score (nSPS) is 7.07. The SMILES string of the molecule is CC.CCC.CNC(=O)CNC(=O)OC. The number of alkyl carbamates (subject to hydrolysis) is 1. The number of rotatable bonds is 2. The number of likely N-dealkylation sites (N-methyl/N-ethyl adjacent to an activating group) is 1. The van der Waals surface area contributed by atoms with E-state index in [0.29, 0.717) is 0 Å². The van der Waals surface area contributed by atoms with Gasteiger partial charge in [0.15, 0.2) is 0 Å². The Labute approximate surface area is 92.6 Å². The molecule has 0 aliphatic heterocycles. The Kier molecular flexibility index (Phi) is 23.9. The number of carbonyl (C=O) groups is 2. The number of ether oxygens (including phenoxy) is 1. The first-order valence-electron chi connectivity index (χ1n) is 5.14. The fraction of sp³-hybridized carbons (Fsp3) is 0.800. The molecule has 15 heavy (non-hydrogen) atoms. The fourth-order valence-corrected chi connectivity index (χ4v) is 0.313. The Morgan fingerprint density at radius 3 is 1.87 bits per heavy atom. The first kappa shape index (κ1) is 19.3. The average molecular weight is 220 g/mol. The molecule has 0 aromatic carbocycles. The van der Waals surface area contributed by atoms with Crippen LogP contribution in [0.2, 0.25) is 0 Å². The van der Waals surface area contributed by atoms with Crippen molar-refractivity contribution >= 4 is 12.0 Å². The topological polar surface area (TPSA) is 67.4 Å². The van der Waals surface area contributed by atoms with Crippen LogP contribution >= 0.6 is 0 Å². The average Bonchev–Trinajstić information content (AvgIpc) is 2.29. The third-order valence-electron chi connectivity index (χ3n) is 0.858. The Balaban J connectivity index is -0.000000245. The van der Waals surface area contributed by atoms with Gasteiger partial charge in [-0.05, 0) is 0 Å². The van der Waals surface area contributed by atoms with Crippen LogP contribution in [0, 0.1) is 0 Å².